The van der Waals surface area contributed by atoms with Crippen LogP contribution in [0.15, 0.2) is 48.8 Å². The number of benzene rings is 1. The molecule has 1 aromatic rings. The van der Waals surface area contributed by atoms with Gasteiger partial charge in [-0.15, -0.1) is 6.58 Å². The number of rotatable bonds is 9. The molecule has 0 spiro atoms. The number of ketones is 1. The molecule has 0 aliphatic heterocycles. The Morgan fingerprint density at radius 3 is 2.60 bits per heavy atom. The summed E-state index contributed by atoms with van der Waals surface area (Å²) >= 11 is 0. The Morgan fingerprint density at radius 1 is 1.30 bits per heavy atom. The molecule has 1 rings (SSSR count). The molecule has 0 radical (unpaired) electrons. The summed E-state index contributed by atoms with van der Waals surface area (Å²) < 4.78 is 0. The number of unbranched alkanes of at least 4 members (excludes halogenated alkanes) is 2. The minimum absolute atomic E-state index is 0.161. The minimum Gasteiger partial charge on any atom is -0.401 e. The Hall–Kier alpha value is -2.03. The average molecular weight is 272 g/mol. The van der Waals surface area contributed by atoms with E-state index < -0.39 is 0 Å². The normalized spacial score (nSPS) is 11.2. The summed E-state index contributed by atoms with van der Waals surface area (Å²) in [6.45, 7) is 5.56. The van der Waals surface area contributed by atoms with E-state index in [1.165, 1.54) is 0 Å². The van der Waals surface area contributed by atoms with Crippen molar-refractivity contribution in [3.63, 3.8) is 0 Å². The van der Waals surface area contributed by atoms with Gasteiger partial charge < -0.3 is 11.1 Å². The van der Waals surface area contributed by atoms with E-state index in [1.807, 2.05) is 43.5 Å². The van der Waals surface area contributed by atoms with Crippen LogP contribution in [0.4, 0.5) is 5.69 Å². The van der Waals surface area contributed by atoms with Gasteiger partial charge in [-0.25, -0.2) is 0 Å². The van der Waals surface area contributed by atoms with Crippen molar-refractivity contribution in [2.24, 2.45) is 5.73 Å². The topological polar surface area (TPSA) is 55.1 Å². The molecule has 0 heterocycles. The Balaban J connectivity index is 2.44. The van der Waals surface area contributed by atoms with Gasteiger partial charge in [0.15, 0.2) is 5.78 Å². The molecule has 0 atom stereocenters. The maximum Gasteiger partial charge on any atom is 0.162 e. The molecule has 3 N–H and O–H groups in total. The van der Waals surface area contributed by atoms with Crippen molar-refractivity contribution in [3.8, 4) is 0 Å². The molecule has 3 heteroatoms. The molecule has 20 heavy (non-hydrogen) atoms. The van der Waals surface area contributed by atoms with E-state index in [9.17, 15) is 4.79 Å². The van der Waals surface area contributed by atoms with Crippen molar-refractivity contribution >= 4 is 11.5 Å². The van der Waals surface area contributed by atoms with Gasteiger partial charge in [-0.1, -0.05) is 13.0 Å². The Morgan fingerprint density at radius 2 is 2.00 bits per heavy atom. The monoisotopic (exact) mass is 272 g/mol. The van der Waals surface area contributed by atoms with Crippen LogP contribution in [0.1, 0.15) is 49.4 Å². The van der Waals surface area contributed by atoms with E-state index in [-0.39, 0.29) is 5.78 Å². The number of nitrogens with one attached hydrogen (secondary N) is 1. The van der Waals surface area contributed by atoms with E-state index in [0.717, 1.165) is 42.6 Å². The van der Waals surface area contributed by atoms with Crippen LogP contribution in [0, 0.1) is 0 Å². The van der Waals surface area contributed by atoms with Gasteiger partial charge >= 0.3 is 0 Å². The van der Waals surface area contributed by atoms with E-state index >= 15 is 0 Å². The van der Waals surface area contributed by atoms with Crippen LogP contribution in [0.25, 0.3) is 0 Å². The molecule has 108 valence electrons. The molecule has 0 bridgehead atoms. The van der Waals surface area contributed by atoms with E-state index in [4.69, 9.17) is 5.73 Å². The molecule has 0 fully saturated rings. The van der Waals surface area contributed by atoms with Crippen LogP contribution >= 0.6 is 0 Å². The molecule has 0 saturated heterocycles. The lowest BCUT2D eigenvalue weighted by Crippen LogP contribution is -2.01. The van der Waals surface area contributed by atoms with Crippen molar-refractivity contribution in [3.05, 3.63) is 54.4 Å². The number of hydrogen-bond donors (Lipinski definition) is 2. The summed E-state index contributed by atoms with van der Waals surface area (Å²) in [5.74, 6) is 0.161. The molecule has 1 aromatic carbocycles. The van der Waals surface area contributed by atoms with Gasteiger partial charge in [0, 0.05) is 29.6 Å². The van der Waals surface area contributed by atoms with E-state index in [1.54, 1.807) is 0 Å². The first kappa shape index (κ1) is 16.0. The molecule has 0 aliphatic rings. The lowest BCUT2D eigenvalue weighted by atomic mass is 10.1. The van der Waals surface area contributed by atoms with Crippen molar-refractivity contribution in [2.75, 3.05) is 5.32 Å². The van der Waals surface area contributed by atoms with Crippen molar-refractivity contribution in [1.29, 1.82) is 0 Å². The average Bonchev–Trinajstić information content (AvgIpc) is 2.49. The number of carbonyl (C=O) groups excluding carboxylic acids is 1. The summed E-state index contributed by atoms with van der Waals surface area (Å²) in [7, 11) is 0. The van der Waals surface area contributed by atoms with Gasteiger partial charge in [-0.2, -0.15) is 0 Å². The predicted molar refractivity (Wildman–Crippen MR) is 85.6 cm³/mol. The van der Waals surface area contributed by atoms with Crippen LogP contribution in [-0.4, -0.2) is 5.78 Å². The molecular formula is C17H24N2O. The third-order valence-electron chi connectivity index (χ3n) is 3.08. The lowest BCUT2D eigenvalue weighted by Gasteiger charge is -2.05. The zero-order chi connectivity index (χ0) is 14.8. The maximum atomic E-state index is 11.5. The van der Waals surface area contributed by atoms with Gasteiger partial charge in [0.05, 0.1) is 0 Å². The number of allylic oxidation sites excluding steroid dienone is 2. The molecule has 0 saturated carbocycles. The molecule has 0 aromatic heterocycles. The standard InChI is InChI=1S/C17H24N2O/c1-3-5-6-7-8-15(18)13-19-16-11-9-14(10-12-16)17(20)4-2/h3,9-13,19H,1,4-8,18H2,2H3/b15-13-. The Labute approximate surface area is 121 Å². The fourth-order valence-electron chi connectivity index (χ4n) is 1.82. The summed E-state index contributed by atoms with van der Waals surface area (Å²) in [6, 6.07) is 7.46. The zero-order valence-electron chi connectivity index (χ0n) is 12.2. The zero-order valence-corrected chi connectivity index (χ0v) is 12.2. The number of nitrogens with two attached hydrogens (primary N) is 1. The fourth-order valence-corrected chi connectivity index (χ4v) is 1.82. The second-order valence-electron chi connectivity index (χ2n) is 4.75. The molecule has 3 nitrogen and oxygen atoms in total. The van der Waals surface area contributed by atoms with Gasteiger partial charge in [0.1, 0.15) is 0 Å². The number of anilines is 1. The summed E-state index contributed by atoms with van der Waals surface area (Å²) in [5.41, 5.74) is 8.44. The maximum absolute atomic E-state index is 11.5. The molecule has 0 amide bonds. The van der Waals surface area contributed by atoms with E-state index in [2.05, 4.69) is 11.9 Å². The highest BCUT2D eigenvalue weighted by Gasteiger charge is 2.01. The molecule has 0 unspecified atom stereocenters. The first-order chi connectivity index (χ1) is 9.67. The molecular weight excluding hydrogens is 248 g/mol. The SMILES string of the molecule is C=CCCCC/C(N)=C/Nc1ccc(C(=O)CC)cc1. The Kier molecular flexibility index (Phi) is 7.18. The van der Waals surface area contributed by atoms with Gasteiger partial charge in [-0.3, -0.25) is 4.79 Å². The van der Waals surface area contributed by atoms with Crippen LogP contribution in [-0.2, 0) is 0 Å². The van der Waals surface area contributed by atoms with Crippen LogP contribution < -0.4 is 11.1 Å². The summed E-state index contributed by atoms with van der Waals surface area (Å²) in [6.07, 6.45) is 8.39. The second kappa shape index (κ2) is 8.97. The highest BCUT2D eigenvalue weighted by Crippen LogP contribution is 2.12. The third-order valence-corrected chi connectivity index (χ3v) is 3.08. The number of carbonyl (C=O) groups is 1. The highest BCUT2D eigenvalue weighted by molar-refractivity contribution is 5.96. The van der Waals surface area contributed by atoms with Crippen molar-refractivity contribution in [2.45, 2.75) is 39.0 Å². The molecule has 0 aliphatic carbocycles. The lowest BCUT2D eigenvalue weighted by molar-refractivity contribution is 0.0988. The van der Waals surface area contributed by atoms with Crippen LogP contribution in [0.3, 0.4) is 0 Å². The fraction of sp³-hybridized carbons (Fsp3) is 0.353. The minimum atomic E-state index is 0.161. The van der Waals surface area contributed by atoms with Gasteiger partial charge in [0.2, 0.25) is 0 Å². The van der Waals surface area contributed by atoms with Crippen molar-refractivity contribution in [1.82, 2.24) is 0 Å². The largest absolute Gasteiger partial charge is 0.401 e. The first-order valence-corrected chi connectivity index (χ1v) is 7.12. The quantitative estimate of drug-likeness (QED) is 0.401. The van der Waals surface area contributed by atoms with E-state index in [0.29, 0.717) is 6.42 Å². The highest BCUT2D eigenvalue weighted by atomic mass is 16.1. The number of hydrogen-bond acceptors (Lipinski definition) is 3. The first-order valence-electron chi connectivity index (χ1n) is 7.12. The third kappa shape index (κ3) is 5.74. The predicted octanol–water partition coefficient (Wildman–Crippen LogP) is 4.24. The summed E-state index contributed by atoms with van der Waals surface area (Å²) in [4.78, 5) is 11.5. The van der Waals surface area contributed by atoms with Gasteiger partial charge in [0.25, 0.3) is 0 Å². The smallest absolute Gasteiger partial charge is 0.162 e. The van der Waals surface area contributed by atoms with Crippen molar-refractivity contribution < 1.29 is 4.79 Å². The van der Waals surface area contributed by atoms with Crippen LogP contribution in [0.5, 0.6) is 0 Å². The second-order valence-corrected chi connectivity index (χ2v) is 4.75. The Bertz CT molecular complexity index is 460. The van der Waals surface area contributed by atoms with Gasteiger partial charge in [-0.05, 0) is 49.9 Å². The summed E-state index contributed by atoms with van der Waals surface area (Å²) in [5, 5.41) is 3.15. The number of Topliss-reactive ketones (excluding diaryl/α,β-unsaturated/α-hetero) is 1. The van der Waals surface area contributed by atoms with Crippen LogP contribution in [0.2, 0.25) is 0 Å².